The average molecular weight is 439 g/mol. The summed E-state index contributed by atoms with van der Waals surface area (Å²) in [4.78, 5) is 31.6. The Bertz CT molecular complexity index is 1190. The summed E-state index contributed by atoms with van der Waals surface area (Å²) in [6, 6.07) is 12.5. The van der Waals surface area contributed by atoms with Gasteiger partial charge in [-0.05, 0) is 49.4 Å². The number of hydrogen-bond donors (Lipinski definition) is 1. The van der Waals surface area contributed by atoms with E-state index >= 15 is 0 Å². The zero-order valence-corrected chi connectivity index (χ0v) is 17.6. The molecule has 7 nitrogen and oxygen atoms in total. The first kappa shape index (κ1) is 20.7. The maximum Gasteiger partial charge on any atom is 0.296 e. The summed E-state index contributed by atoms with van der Waals surface area (Å²) in [5, 5.41) is 11.3. The Morgan fingerprint density at radius 1 is 1.23 bits per heavy atom. The molecule has 3 aromatic rings. The number of benzene rings is 1. The quantitative estimate of drug-likeness (QED) is 0.363. The van der Waals surface area contributed by atoms with Crippen molar-refractivity contribution in [3.63, 3.8) is 0 Å². The summed E-state index contributed by atoms with van der Waals surface area (Å²) in [6.45, 7) is 1.83. The SMILES string of the molecule is COc1ccc(Cl)c(/C(O)=C2\C(=O)C(=O)N(Cc3ccccn3)C2c2ccc(C)o2)c1. The molecule has 0 bridgehead atoms. The fraction of sp³-hybridized carbons (Fsp3) is 0.174. The highest BCUT2D eigenvalue weighted by atomic mass is 35.5. The molecule has 1 aromatic carbocycles. The summed E-state index contributed by atoms with van der Waals surface area (Å²) < 4.78 is 11.0. The summed E-state index contributed by atoms with van der Waals surface area (Å²) in [5.74, 6) is -0.577. The number of aliphatic hydroxyl groups is 1. The van der Waals surface area contributed by atoms with Gasteiger partial charge in [0.15, 0.2) is 0 Å². The highest BCUT2D eigenvalue weighted by molar-refractivity contribution is 6.46. The van der Waals surface area contributed by atoms with Gasteiger partial charge >= 0.3 is 0 Å². The number of ketones is 1. The van der Waals surface area contributed by atoms with Gasteiger partial charge < -0.3 is 19.2 Å². The van der Waals surface area contributed by atoms with Crippen LogP contribution in [0.2, 0.25) is 5.02 Å². The second-order valence-electron chi connectivity index (χ2n) is 7.04. The molecule has 0 radical (unpaired) electrons. The molecule has 1 aliphatic heterocycles. The number of methoxy groups -OCH3 is 1. The molecule has 158 valence electrons. The van der Waals surface area contributed by atoms with E-state index in [0.29, 0.717) is 23.0 Å². The lowest BCUT2D eigenvalue weighted by Gasteiger charge is -2.23. The third kappa shape index (κ3) is 3.80. The Morgan fingerprint density at radius 3 is 2.68 bits per heavy atom. The second kappa shape index (κ2) is 8.28. The van der Waals surface area contributed by atoms with Crippen molar-refractivity contribution >= 4 is 29.1 Å². The highest BCUT2D eigenvalue weighted by Gasteiger charge is 2.47. The molecule has 1 N–H and O–H groups in total. The normalized spacial score (nSPS) is 17.9. The molecule has 4 rings (SSSR count). The van der Waals surface area contributed by atoms with Gasteiger partial charge in [0.25, 0.3) is 11.7 Å². The zero-order chi connectivity index (χ0) is 22.1. The van der Waals surface area contributed by atoms with Crippen LogP contribution < -0.4 is 4.74 Å². The van der Waals surface area contributed by atoms with Crippen molar-refractivity contribution in [2.75, 3.05) is 7.11 Å². The van der Waals surface area contributed by atoms with Crippen LogP contribution in [0, 0.1) is 6.92 Å². The molecule has 1 unspecified atom stereocenters. The number of furan rings is 1. The number of carbonyl (C=O) groups excluding carboxylic acids is 2. The number of aryl methyl sites for hydroxylation is 1. The fourth-order valence-electron chi connectivity index (χ4n) is 3.56. The lowest BCUT2D eigenvalue weighted by molar-refractivity contribution is -0.140. The molecule has 1 fully saturated rings. The number of hydrogen-bond acceptors (Lipinski definition) is 6. The van der Waals surface area contributed by atoms with Gasteiger partial charge in [-0.25, -0.2) is 0 Å². The van der Waals surface area contributed by atoms with Crippen LogP contribution >= 0.6 is 11.6 Å². The number of rotatable bonds is 5. The lowest BCUT2D eigenvalue weighted by Crippen LogP contribution is -2.29. The Morgan fingerprint density at radius 2 is 2.03 bits per heavy atom. The fourth-order valence-corrected chi connectivity index (χ4v) is 3.77. The Balaban J connectivity index is 1.88. The predicted molar refractivity (Wildman–Crippen MR) is 114 cm³/mol. The second-order valence-corrected chi connectivity index (χ2v) is 7.45. The first-order valence-electron chi connectivity index (χ1n) is 9.49. The maximum atomic E-state index is 13.0. The molecule has 0 saturated carbocycles. The van der Waals surface area contributed by atoms with Gasteiger partial charge in [-0.15, -0.1) is 0 Å². The van der Waals surface area contributed by atoms with Crippen molar-refractivity contribution in [1.82, 2.24) is 9.88 Å². The molecule has 1 saturated heterocycles. The molecule has 1 amide bonds. The van der Waals surface area contributed by atoms with Crippen LogP contribution in [0.3, 0.4) is 0 Å². The van der Waals surface area contributed by atoms with E-state index in [-0.39, 0.29) is 22.7 Å². The minimum Gasteiger partial charge on any atom is -0.507 e. The summed E-state index contributed by atoms with van der Waals surface area (Å²) in [5.41, 5.74) is 0.674. The van der Waals surface area contributed by atoms with Crippen molar-refractivity contribution in [1.29, 1.82) is 0 Å². The van der Waals surface area contributed by atoms with Crippen LogP contribution in [0.5, 0.6) is 5.75 Å². The monoisotopic (exact) mass is 438 g/mol. The third-order valence-corrected chi connectivity index (χ3v) is 5.39. The molecule has 0 spiro atoms. The molecular formula is C23H19ClN2O5. The van der Waals surface area contributed by atoms with Gasteiger partial charge in [-0.3, -0.25) is 14.6 Å². The Kier molecular flexibility index (Phi) is 5.52. The van der Waals surface area contributed by atoms with E-state index in [2.05, 4.69) is 4.98 Å². The van der Waals surface area contributed by atoms with Crippen molar-refractivity contribution in [3.05, 3.63) is 88.1 Å². The van der Waals surface area contributed by atoms with Gasteiger partial charge in [0.1, 0.15) is 29.1 Å². The van der Waals surface area contributed by atoms with Gasteiger partial charge in [0, 0.05) is 11.8 Å². The highest BCUT2D eigenvalue weighted by Crippen LogP contribution is 2.42. The number of carbonyl (C=O) groups is 2. The molecule has 2 aromatic heterocycles. The van der Waals surface area contributed by atoms with Crippen molar-refractivity contribution < 1.29 is 23.8 Å². The van der Waals surface area contributed by atoms with Gasteiger partial charge in [-0.2, -0.15) is 0 Å². The van der Waals surface area contributed by atoms with E-state index in [1.807, 2.05) is 0 Å². The van der Waals surface area contributed by atoms with Crippen molar-refractivity contribution in [3.8, 4) is 5.75 Å². The van der Waals surface area contributed by atoms with Gasteiger partial charge in [-0.1, -0.05) is 17.7 Å². The molecule has 0 aliphatic carbocycles. The Labute approximate surface area is 183 Å². The molecule has 3 heterocycles. The van der Waals surface area contributed by atoms with E-state index < -0.39 is 23.5 Å². The van der Waals surface area contributed by atoms with Crippen LogP contribution in [0.4, 0.5) is 0 Å². The minimum absolute atomic E-state index is 0.0679. The zero-order valence-electron chi connectivity index (χ0n) is 16.8. The summed E-state index contributed by atoms with van der Waals surface area (Å²) in [6.07, 6.45) is 1.61. The number of aliphatic hydroxyl groups excluding tert-OH is 1. The van der Waals surface area contributed by atoms with Crippen LogP contribution in [-0.4, -0.2) is 33.8 Å². The smallest absolute Gasteiger partial charge is 0.296 e. The molecular weight excluding hydrogens is 420 g/mol. The van der Waals surface area contributed by atoms with Gasteiger partial charge in [0.05, 0.1) is 29.9 Å². The topological polar surface area (TPSA) is 92.9 Å². The standard InChI is InChI=1S/C23H19ClN2O5/c1-13-6-9-18(31-13)20-19(21(27)16-11-15(30-2)7-8-17(16)24)22(28)23(29)26(20)12-14-5-3-4-10-25-14/h3-11,20,27H,12H2,1-2H3/b21-19+. The van der Waals surface area contributed by atoms with Crippen LogP contribution in [0.1, 0.15) is 28.8 Å². The molecule has 31 heavy (non-hydrogen) atoms. The summed E-state index contributed by atoms with van der Waals surface area (Å²) in [7, 11) is 1.48. The summed E-state index contributed by atoms with van der Waals surface area (Å²) >= 11 is 6.28. The molecule has 1 aliphatic rings. The number of amides is 1. The van der Waals surface area contributed by atoms with E-state index in [9.17, 15) is 14.7 Å². The first-order valence-corrected chi connectivity index (χ1v) is 9.87. The van der Waals surface area contributed by atoms with E-state index in [4.69, 9.17) is 20.8 Å². The van der Waals surface area contributed by atoms with Crippen LogP contribution in [0.25, 0.3) is 5.76 Å². The largest absolute Gasteiger partial charge is 0.507 e. The number of likely N-dealkylation sites (tertiary alicyclic amines) is 1. The number of pyridine rings is 1. The lowest BCUT2D eigenvalue weighted by atomic mass is 9.99. The molecule has 1 atom stereocenters. The van der Waals surface area contributed by atoms with Crippen molar-refractivity contribution in [2.45, 2.75) is 19.5 Å². The minimum atomic E-state index is -0.932. The maximum absolute atomic E-state index is 13.0. The first-order chi connectivity index (χ1) is 14.9. The number of ether oxygens (including phenoxy) is 1. The van der Waals surface area contributed by atoms with Crippen LogP contribution in [-0.2, 0) is 16.1 Å². The third-order valence-electron chi connectivity index (χ3n) is 5.06. The predicted octanol–water partition coefficient (Wildman–Crippen LogP) is 4.27. The number of nitrogens with zero attached hydrogens (tertiary/aromatic N) is 2. The van der Waals surface area contributed by atoms with E-state index in [1.165, 1.54) is 18.1 Å². The Hall–Kier alpha value is -3.58. The van der Waals surface area contributed by atoms with Crippen molar-refractivity contribution in [2.24, 2.45) is 0 Å². The van der Waals surface area contributed by atoms with Crippen LogP contribution in [0.15, 0.2) is 64.7 Å². The molecule has 8 heteroatoms. The number of Topliss-reactive ketones (excluding diaryl/α,β-unsaturated/α-hetero) is 1. The number of halogens is 1. The van der Waals surface area contributed by atoms with E-state index in [1.54, 1.807) is 55.6 Å². The van der Waals surface area contributed by atoms with Gasteiger partial charge in [0.2, 0.25) is 0 Å². The van der Waals surface area contributed by atoms with E-state index in [0.717, 1.165) is 0 Å². The average Bonchev–Trinajstić information content (AvgIpc) is 3.30. The number of aromatic nitrogens is 1.